The van der Waals surface area contributed by atoms with Gasteiger partial charge in [0.25, 0.3) is 5.91 Å². The molecular formula is C20H20N4O3S2. The van der Waals surface area contributed by atoms with Crippen LogP contribution in [-0.4, -0.2) is 34.9 Å². The highest BCUT2D eigenvalue weighted by Crippen LogP contribution is 2.23. The lowest BCUT2D eigenvalue weighted by Crippen LogP contribution is -2.24. The van der Waals surface area contributed by atoms with Crippen LogP contribution in [0.3, 0.4) is 0 Å². The topological polar surface area (TPSA) is 93.2 Å². The summed E-state index contributed by atoms with van der Waals surface area (Å²) in [6, 6.07) is 15.0. The molecule has 0 unspecified atom stereocenters. The van der Waals surface area contributed by atoms with Gasteiger partial charge in [-0.2, -0.15) is 0 Å². The second-order valence-corrected chi connectivity index (χ2v) is 8.27. The predicted octanol–water partition coefficient (Wildman–Crippen LogP) is 3.52. The Hall–Kier alpha value is -2.91. The summed E-state index contributed by atoms with van der Waals surface area (Å²) in [5.74, 6) is 0.456. The Morgan fingerprint density at radius 1 is 1.10 bits per heavy atom. The maximum Gasteiger partial charge on any atom is 0.286 e. The summed E-state index contributed by atoms with van der Waals surface area (Å²) in [6.07, 6.45) is 0. The molecule has 0 spiro atoms. The van der Waals surface area contributed by atoms with E-state index in [9.17, 15) is 9.59 Å². The van der Waals surface area contributed by atoms with Crippen molar-refractivity contribution in [2.45, 2.75) is 17.8 Å². The van der Waals surface area contributed by atoms with Crippen molar-refractivity contribution in [1.29, 1.82) is 0 Å². The number of methoxy groups -OCH3 is 1. The van der Waals surface area contributed by atoms with Gasteiger partial charge in [0.05, 0.1) is 12.9 Å². The number of ether oxygens (including phenoxy) is 1. The first kappa shape index (κ1) is 20.8. The van der Waals surface area contributed by atoms with Crippen molar-refractivity contribution in [3.63, 3.8) is 0 Å². The lowest BCUT2D eigenvalue weighted by molar-refractivity contribution is -0.118. The summed E-state index contributed by atoms with van der Waals surface area (Å²) in [6.45, 7) is 2.36. The van der Waals surface area contributed by atoms with Gasteiger partial charge in [-0.1, -0.05) is 59.0 Å². The van der Waals surface area contributed by atoms with Gasteiger partial charge in [0, 0.05) is 17.8 Å². The van der Waals surface area contributed by atoms with Gasteiger partial charge in [0.15, 0.2) is 4.34 Å². The Morgan fingerprint density at radius 3 is 2.62 bits per heavy atom. The number of aromatic nitrogens is 2. The van der Waals surface area contributed by atoms with Crippen LogP contribution >= 0.6 is 23.1 Å². The number of hydrogen-bond acceptors (Lipinski definition) is 7. The molecule has 9 heteroatoms. The van der Waals surface area contributed by atoms with E-state index in [1.165, 1.54) is 11.8 Å². The molecule has 3 rings (SSSR count). The zero-order chi connectivity index (χ0) is 20.6. The molecule has 3 aromatic rings. The quantitative estimate of drug-likeness (QED) is 0.533. The van der Waals surface area contributed by atoms with Crippen LogP contribution in [0.2, 0.25) is 0 Å². The number of amides is 2. The summed E-state index contributed by atoms with van der Waals surface area (Å²) in [5, 5.41) is 13.8. The van der Waals surface area contributed by atoms with Crippen molar-refractivity contribution < 1.29 is 14.3 Å². The minimum atomic E-state index is -0.321. The summed E-state index contributed by atoms with van der Waals surface area (Å²) in [7, 11) is 1.60. The van der Waals surface area contributed by atoms with Crippen LogP contribution in [0.5, 0.6) is 5.75 Å². The van der Waals surface area contributed by atoms with Gasteiger partial charge >= 0.3 is 0 Å². The van der Waals surface area contributed by atoms with E-state index in [0.717, 1.165) is 28.2 Å². The zero-order valence-corrected chi connectivity index (χ0v) is 17.6. The molecule has 1 heterocycles. The monoisotopic (exact) mass is 428 g/mol. The summed E-state index contributed by atoms with van der Waals surface area (Å²) >= 11 is 2.40. The van der Waals surface area contributed by atoms with Gasteiger partial charge < -0.3 is 15.4 Å². The van der Waals surface area contributed by atoms with E-state index >= 15 is 0 Å². The third kappa shape index (κ3) is 6.03. The van der Waals surface area contributed by atoms with Crippen LogP contribution in [0.25, 0.3) is 0 Å². The number of aryl methyl sites for hydroxylation is 1. The molecule has 0 saturated heterocycles. The van der Waals surface area contributed by atoms with Crippen molar-refractivity contribution in [2.75, 3.05) is 18.2 Å². The van der Waals surface area contributed by atoms with Gasteiger partial charge in [-0.3, -0.25) is 9.59 Å². The van der Waals surface area contributed by atoms with E-state index in [1.807, 2.05) is 55.5 Å². The third-order valence-electron chi connectivity index (χ3n) is 3.91. The molecule has 0 aliphatic carbocycles. The molecule has 0 atom stereocenters. The highest BCUT2D eigenvalue weighted by Gasteiger charge is 2.14. The normalized spacial score (nSPS) is 10.4. The van der Waals surface area contributed by atoms with E-state index < -0.39 is 0 Å². The summed E-state index contributed by atoms with van der Waals surface area (Å²) in [4.78, 5) is 24.4. The number of carbonyl (C=O) groups is 2. The van der Waals surface area contributed by atoms with Crippen LogP contribution in [0, 0.1) is 6.92 Å². The van der Waals surface area contributed by atoms with Crippen LogP contribution in [0.4, 0.5) is 5.69 Å². The van der Waals surface area contributed by atoms with Crippen molar-refractivity contribution in [2.24, 2.45) is 0 Å². The molecule has 0 bridgehead atoms. The zero-order valence-electron chi connectivity index (χ0n) is 16.0. The highest BCUT2D eigenvalue weighted by molar-refractivity contribution is 8.01. The van der Waals surface area contributed by atoms with Crippen molar-refractivity contribution in [3.05, 3.63) is 64.7 Å². The highest BCUT2D eigenvalue weighted by atomic mass is 32.2. The number of para-hydroxylation sites is 1. The number of hydrogen-bond donors (Lipinski definition) is 2. The SMILES string of the molecule is COc1ccccc1CNC(=O)CSc1nnc(C(=O)Nc2ccc(C)cc2)s1. The Bertz CT molecular complexity index is 989. The number of thioether (sulfide) groups is 1. The minimum Gasteiger partial charge on any atom is -0.496 e. The smallest absolute Gasteiger partial charge is 0.286 e. The van der Waals surface area contributed by atoms with Crippen molar-refractivity contribution in [3.8, 4) is 5.75 Å². The summed E-state index contributed by atoms with van der Waals surface area (Å²) in [5.41, 5.74) is 2.71. The minimum absolute atomic E-state index is 0.137. The Balaban J connectivity index is 1.47. The van der Waals surface area contributed by atoms with Gasteiger partial charge in [0.1, 0.15) is 5.75 Å². The van der Waals surface area contributed by atoms with Crippen LogP contribution in [0.15, 0.2) is 52.9 Å². The number of carbonyl (C=O) groups excluding carboxylic acids is 2. The molecule has 0 radical (unpaired) electrons. The molecule has 0 aliphatic rings. The van der Waals surface area contributed by atoms with Crippen LogP contribution in [-0.2, 0) is 11.3 Å². The Morgan fingerprint density at radius 2 is 1.86 bits per heavy atom. The van der Waals surface area contributed by atoms with Crippen molar-refractivity contribution in [1.82, 2.24) is 15.5 Å². The second kappa shape index (κ2) is 10.0. The Labute approximate surface area is 176 Å². The first-order valence-corrected chi connectivity index (χ1v) is 10.6. The molecular weight excluding hydrogens is 408 g/mol. The molecule has 7 nitrogen and oxygen atoms in total. The fraction of sp³-hybridized carbons (Fsp3) is 0.200. The largest absolute Gasteiger partial charge is 0.496 e. The second-order valence-electron chi connectivity index (χ2n) is 6.07. The number of nitrogens with one attached hydrogen (secondary N) is 2. The number of anilines is 1. The average molecular weight is 429 g/mol. The van der Waals surface area contributed by atoms with E-state index in [0.29, 0.717) is 16.6 Å². The molecule has 150 valence electrons. The lowest BCUT2D eigenvalue weighted by atomic mass is 10.2. The maximum absolute atomic E-state index is 12.3. The van der Waals surface area contributed by atoms with Gasteiger partial charge in [-0.25, -0.2) is 0 Å². The first-order valence-electron chi connectivity index (χ1n) is 8.78. The maximum atomic E-state index is 12.3. The van der Waals surface area contributed by atoms with Crippen molar-refractivity contribution >= 4 is 40.6 Å². The molecule has 2 N–H and O–H groups in total. The van der Waals surface area contributed by atoms with Gasteiger partial charge in [0.2, 0.25) is 10.9 Å². The van der Waals surface area contributed by atoms with E-state index in [4.69, 9.17) is 4.74 Å². The molecule has 0 fully saturated rings. The van der Waals surface area contributed by atoms with E-state index in [-0.39, 0.29) is 22.6 Å². The number of rotatable bonds is 8. The third-order valence-corrected chi connectivity index (χ3v) is 5.96. The van der Waals surface area contributed by atoms with Crippen LogP contribution in [0.1, 0.15) is 20.9 Å². The molecule has 0 aliphatic heterocycles. The fourth-order valence-corrected chi connectivity index (χ4v) is 3.98. The van der Waals surface area contributed by atoms with Gasteiger partial charge in [-0.05, 0) is 25.1 Å². The predicted molar refractivity (Wildman–Crippen MR) is 115 cm³/mol. The average Bonchev–Trinajstić information content (AvgIpc) is 3.22. The molecule has 2 aromatic carbocycles. The van der Waals surface area contributed by atoms with E-state index in [1.54, 1.807) is 7.11 Å². The molecule has 29 heavy (non-hydrogen) atoms. The van der Waals surface area contributed by atoms with Gasteiger partial charge in [-0.15, -0.1) is 10.2 Å². The van der Waals surface area contributed by atoms with E-state index in [2.05, 4.69) is 20.8 Å². The standard InChI is InChI=1S/C20H20N4O3S2/c1-13-7-9-15(10-8-13)22-18(26)19-23-24-20(29-19)28-12-17(25)21-11-14-5-3-4-6-16(14)27-2/h3-10H,11-12H2,1-2H3,(H,21,25)(H,22,26). The Kier molecular flexibility index (Phi) is 7.20. The lowest BCUT2D eigenvalue weighted by Gasteiger charge is -2.09. The first-order chi connectivity index (χ1) is 14.0. The fourth-order valence-electron chi connectivity index (χ4n) is 2.40. The van der Waals surface area contributed by atoms with Crippen LogP contribution < -0.4 is 15.4 Å². The summed E-state index contributed by atoms with van der Waals surface area (Å²) < 4.78 is 5.83. The molecule has 0 saturated carbocycles. The molecule has 2 amide bonds. The number of benzene rings is 2. The number of nitrogens with zero attached hydrogens (tertiary/aromatic N) is 2. The molecule has 1 aromatic heterocycles.